The molecule has 2 heterocycles. The summed E-state index contributed by atoms with van der Waals surface area (Å²) < 4.78 is 7.52. The molecule has 0 atom stereocenters. The predicted molar refractivity (Wildman–Crippen MR) is 78.0 cm³/mol. The van der Waals surface area contributed by atoms with E-state index in [4.69, 9.17) is 4.74 Å². The maximum absolute atomic E-state index is 12.1. The van der Waals surface area contributed by atoms with E-state index in [0.29, 0.717) is 16.8 Å². The number of esters is 1. The zero-order chi connectivity index (χ0) is 16.0. The molecule has 0 saturated heterocycles. The third-order valence-electron chi connectivity index (χ3n) is 3.33. The molecule has 22 heavy (non-hydrogen) atoms. The third-order valence-corrected chi connectivity index (χ3v) is 3.33. The van der Waals surface area contributed by atoms with Crippen LogP contribution in [0.2, 0.25) is 0 Å². The number of hydrogen-bond acceptors (Lipinski definition) is 6. The molecule has 112 valence electrons. The Morgan fingerprint density at radius 1 is 1.14 bits per heavy atom. The number of aryl methyl sites for hydroxylation is 1. The summed E-state index contributed by atoms with van der Waals surface area (Å²) in [6.45, 7) is 1.30. The number of fused-ring (bicyclic) bond motifs is 2. The highest BCUT2D eigenvalue weighted by Gasteiger charge is 2.18. The maximum Gasteiger partial charge on any atom is 0.352 e. The van der Waals surface area contributed by atoms with Crippen LogP contribution in [-0.2, 0) is 18.9 Å². The SMILES string of the molecule is CC(=O)Oc1ccc2nc3c(=O)n(C)c(=O)nc-3n(C)c2c1. The summed E-state index contributed by atoms with van der Waals surface area (Å²) >= 11 is 0. The molecule has 1 aromatic carbocycles. The van der Waals surface area contributed by atoms with Gasteiger partial charge in [0, 0.05) is 27.1 Å². The van der Waals surface area contributed by atoms with Crippen LogP contribution in [0.15, 0.2) is 27.8 Å². The Bertz CT molecular complexity index is 1000. The number of carbonyl (C=O) groups is 1. The molecule has 0 aliphatic carbocycles. The fourth-order valence-corrected chi connectivity index (χ4v) is 2.22. The van der Waals surface area contributed by atoms with Gasteiger partial charge in [-0.1, -0.05) is 0 Å². The lowest BCUT2D eigenvalue weighted by Crippen LogP contribution is -2.36. The normalized spacial score (nSPS) is 11.0. The average Bonchev–Trinajstić information content (AvgIpc) is 2.47. The fraction of sp³-hybridized carbons (Fsp3) is 0.214. The van der Waals surface area contributed by atoms with Gasteiger partial charge in [0.05, 0.1) is 11.0 Å². The van der Waals surface area contributed by atoms with Crippen LogP contribution in [-0.4, -0.2) is 25.1 Å². The molecular weight excluding hydrogens is 288 g/mol. The first-order chi connectivity index (χ1) is 10.4. The first-order valence-electron chi connectivity index (χ1n) is 6.44. The Labute approximate surface area is 124 Å². The van der Waals surface area contributed by atoms with Gasteiger partial charge >= 0.3 is 11.7 Å². The minimum atomic E-state index is -0.648. The minimum absolute atomic E-state index is 0.109. The van der Waals surface area contributed by atoms with Gasteiger partial charge in [-0.15, -0.1) is 0 Å². The summed E-state index contributed by atoms with van der Waals surface area (Å²) in [4.78, 5) is 43.0. The monoisotopic (exact) mass is 300 g/mol. The van der Waals surface area contributed by atoms with Gasteiger partial charge in [-0.25, -0.2) is 9.78 Å². The molecule has 2 aliphatic heterocycles. The molecule has 0 N–H and O–H groups in total. The van der Waals surface area contributed by atoms with E-state index in [1.807, 2.05) is 0 Å². The summed E-state index contributed by atoms with van der Waals surface area (Å²) in [5.74, 6) is 0.0908. The molecule has 0 aromatic heterocycles. The summed E-state index contributed by atoms with van der Waals surface area (Å²) in [6, 6.07) is 4.83. The van der Waals surface area contributed by atoms with Gasteiger partial charge in [-0.05, 0) is 12.1 Å². The lowest BCUT2D eigenvalue weighted by atomic mass is 10.2. The highest BCUT2D eigenvalue weighted by atomic mass is 16.5. The molecule has 2 aliphatic rings. The van der Waals surface area contributed by atoms with E-state index in [2.05, 4.69) is 9.97 Å². The van der Waals surface area contributed by atoms with E-state index in [-0.39, 0.29) is 11.5 Å². The van der Waals surface area contributed by atoms with E-state index >= 15 is 0 Å². The molecule has 0 amide bonds. The topological polar surface area (TPSA) is 96.1 Å². The van der Waals surface area contributed by atoms with Crippen molar-refractivity contribution >= 4 is 17.0 Å². The molecule has 8 nitrogen and oxygen atoms in total. The molecule has 0 unspecified atom stereocenters. The van der Waals surface area contributed by atoms with Gasteiger partial charge in [0.1, 0.15) is 5.75 Å². The van der Waals surface area contributed by atoms with Crippen molar-refractivity contribution in [2.45, 2.75) is 6.92 Å². The smallest absolute Gasteiger partial charge is 0.352 e. The second kappa shape index (κ2) is 4.76. The maximum atomic E-state index is 12.1. The number of hydrogen-bond donors (Lipinski definition) is 0. The van der Waals surface area contributed by atoms with E-state index in [1.54, 1.807) is 29.8 Å². The van der Waals surface area contributed by atoms with Gasteiger partial charge in [0.2, 0.25) is 0 Å². The van der Waals surface area contributed by atoms with Gasteiger partial charge in [0.25, 0.3) is 5.56 Å². The Kier molecular flexibility index (Phi) is 3.01. The van der Waals surface area contributed by atoms with E-state index in [9.17, 15) is 14.4 Å². The van der Waals surface area contributed by atoms with E-state index < -0.39 is 17.2 Å². The summed E-state index contributed by atoms with van der Waals surface area (Å²) in [5.41, 5.74) is 0.0779. The van der Waals surface area contributed by atoms with Crippen molar-refractivity contribution in [3.05, 3.63) is 39.0 Å². The molecule has 0 saturated carbocycles. The molecule has 0 fully saturated rings. The van der Waals surface area contributed by atoms with Crippen molar-refractivity contribution in [2.24, 2.45) is 14.1 Å². The number of carbonyl (C=O) groups excluding carboxylic acids is 1. The molecule has 8 heteroatoms. The molecular formula is C14H12N4O4. The Balaban J connectivity index is 2.40. The Morgan fingerprint density at radius 2 is 1.86 bits per heavy atom. The lowest BCUT2D eigenvalue weighted by Gasteiger charge is -2.13. The second-order valence-electron chi connectivity index (χ2n) is 4.85. The summed E-state index contributed by atoms with van der Waals surface area (Å²) in [6.07, 6.45) is 0. The van der Waals surface area contributed by atoms with Crippen LogP contribution in [0.4, 0.5) is 0 Å². The number of aromatic nitrogens is 4. The first kappa shape index (κ1) is 13.9. The molecule has 0 spiro atoms. The summed E-state index contributed by atoms with van der Waals surface area (Å²) in [5, 5.41) is 0. The van der Waals surface area contributed by atoms with E-state index in [1.165, 1.54) is 14.0 Å². The van der Waals surface area contributed by atoms with Crippen LogP contribution in [0.25, 0.3) is 22.6 Å². The quantitative estimate of drug-likeness (QED) is 0.358. The lowest BCUT2D eigenvalue weighted by molar-refractivity contribution is -0.131. The first-order valence-corrected chi connectivity index (χ1v) is 6.44. The van der Waals surface area contributed by atoms with Crippen molar-refractivity contribution < 1.29 is 9.53 Å². The molecule has 0 radical (unpaired) electrons. The predicted octanol–water partition coefficient (Wildman–Crippen LogP) is 0.0573. The summed E-state index contributed by atoms with van der Waals surface area (Å²) in [7, 11) is 3.02. The zero-order valence-electron chi connectivity index (χ0n) is 12.2. The van der Waals surface area contributed by atoms with Crippen LogP contribution in [0.1, 0.15) is 6.92 Å². The van der Waals surface area contributed by atoms with Crippen LogP contribution in [0, 0.1) is 0 Å². The molecule has 1 aromatic rings. The van der Waals surface area contributed by atoms with Crippen LogP contribution < -0.4 is 16.0 Å². The van der Waals surface area contributed by atoms with Gasteiger partial charge in [-0.3, -0.25) is 14.2 Å². The van der Waals surface area contributed by atoms with E-state index in [0.717, 1.165) is 4.57 Å². The van der Waals surface area contributed by atoms with Gasteiger partial charge in [0.15, 0.2) is 11.5 Å². The molecule has 3 rings (SSSR count). The van der Waals surface area contributed by atoms with Gasteiger partial charge in [-0.2, -0.15) is 4.98 Å². The Hall–Kier alpha value is -3.03. The van der Waals surface area contributed by atoms with Crippen molar-refractivity contribution in [1.29, 1.82) is 0 Å². The standard InChI is InChI=1S/C14H12N4O4/c1-7(19)22-8-4-5-9-10(6-8)17(2)12-11(15-9)13(20)18(3)14(21)16-12/h4-6H,1-3H3. The number of rotatable bonds is 1. The fourth-order valence-electron chi connectivity index (χ4n) is 2.22. The highest BCUT2D eigenvalue weighted by Crippen LogP contribution is 2.23. The minimum Gasteiger partial charge on any atom is -0.427 e. The van der Waals surface area contributed by atoms with Crippen molar-refractivity contribution in [2.75, 3.05) is 0 Å². The number of benzene rings is 1. The average molecular weight is 300 g/mol. The van der Waals surface area contributed by atoms with Crippen LogP contribution >= 0.6 is 0 Å². The highest BCUT2D eigenvalue weighted by molar-refractivity contribution is 5.81. The van der Waals surface area contributed by atoms with Crippen molar-refractivity contribution in [1.82, 2.24) is 19.1 Å². The third kappa shape index (κ3) is 2.05. The van der Waals surface area contributed by atoms with Crippen molar-refractivity contribution in [3.63, 3.8) is 0 Å². The second-order valence-corrected chi connectivity index (χ2v) is 4.85. The zero-order valence-corrected chi connectivity index (χ0v) is 12.2. The number of nitrogens with zero attached hydrogens (tertiary/aromatic N) is 4. The largest absolute Gasteiger partial charge is 0.427 e. The number of ether oxygens (including phenoxy) is 1. The van der Waals surface area contributed by atoms with Crippen LogP contribution in [0.3, 0.4) is 0 Å². The molecule has 0 bridgehead atoms. The van der Waals surface area contributed by atoms with Crippen LogP contribution in [0.5, 0.6) is 5.75 Å². The Morgan fingerprint density at radius 3 is 2.55 bits per heavy atom. The van der Waals surface area contributed by atoms with Crippen molar-refractivity contribution in [3.8, 4) is 17.3 Å². The van der Waals surface area contributed by atoms with Gasteiger partial charge < -0.3 is 9.30 Å².